The first kappa shape index (κ1) is 18.6. The predicted molar refractivity (Wildman–Crippen MR) is 102 cm³/mol. The average Bonchev–Trinajstić information content (AvgIpc) is 3.30. The van der Waals surface area contributed by atoms with Crippen LogP contribution < -0.4 is 10.1 Å². The highest BCUT2D eigenvalue weighted by Gasteiger charge is 2.38. The SMILES string of the molecule is COc1ccc(CNC(=O)C2CSCN2C(=O)C2CCCC2)cc1Br. The summed E-state index contributed by atoms with van der Waals surface area (Å²) in [7, 11) is 1.62. The molecule has 2 fully saturated rings. The summed E-state index contributed by atoms with van der Waals surface area (Å²) >= 11 is 5.11. The molecule has 1 heterocycles. The second-order valence-corrected chi connectivity index (χ2v) is 8.35. The van der Waals surface area contributed by atoms with Gasteiger partial charge >= 0.3 is 0 Å². The summed E-state index contributed by atoms with van der Waals surface area (Å²) in [6.07, 6.45) is 4.18. The maximum absolute atomic E-state index is 12.7. The molecule has 1 N–H and O–H groups in total. The number of carbonyl (C=O) groups is 2. The lowest BCUT2D eigenvalue weighted by Crippen LogP contribution is -2.48. The smallest absolute Gasteiger partial charge is 0.243 e. The van der Waals surface area contributed by atoms with Gasteiger partial charge < -0.3 is 15.0 Å². The third-order valence-corrected chi connectivity index (χ3v) is 6.49. The van der Waals surface area contributed by atoms with Crippen LogP contribution in [0.5, 0.6) is 5.75 Å². The Bertz CT molecular complexity index is 649. The van der Waals surface area contributed by atoms with Crippen molar-refractivity contribution >= 4 is 39.5 Å². The Morgan fingerprint density at radius 3 is 2.80 bits per heavy atom. The Kier molecular flexibility index (Phi) is 6.28. The van der Waals surface area contributed by atoms with Gasteiger partial charge in [-0.1, -0.05) is 18.9 Å². The topological polar surface area (TPSA) is 58.6 Å². The van der Waals surface area contributed by atoms with E-state index in [1.54, 1.807) is 23.8 Å². The summed E-state index contributed by atoms with van der Waals surface area (Å²) in [6.45, 7) is 0.439. The van der Waals surface area contributed by atoms with E-state index in [4.69, 9.17) is 4.74 Å². The van der Waals surface area contributed by atoms with Crippen molar-refractivity contribution in [2.24, 2.45) is 5.92 Å². The number of carbonyl (C=O) groups excluding carboxylic acids is 2. The normalized spacial score (nSPS) is 20.7. The molecule has 1 unspecified atom stereocenters. The Balaban J connectivity index is 1.58. The van der Waals surface area contributed by atoms with E-state index in [2.05, 4.69) is 21.2 Å². The molecule has 1 saturated heterocycles. The zero-order chi connectivity index (χ0) is 17.8. The highest BCUT2D eigenvalue weighted by Crippen LogP contribution is 2.31. The van der Waals surface area contributed by atoms with E-state index >= 15 is 0 Å². The number of nitrogens with one attached hydrogen (secondary N) is 1. The predicted octanol–water partition coefficient (Wildman–Crippen LogP) is 3.17. The lowest BCUT2D eigenvalue weighted by molar-refractivity contribution is -0.141. The van der Waals surface area contributed by atoms with E-state index in [-0.39, 0.29) is 23.8 Å². The number of ether oxygens (including phenoxy) is 1. The molecule has 5 nitrogen and oxygen atoms in total. The molecule has 0 radical (unpaired) electrons. The highest BCUT2D eigenvalue weighted by atomic mass is 79.9. The van der Waals surface area contributed by atoms with Gasteiger partial charge in [-0.2, -0.15) is 0 Å². The van der Waals surface area contributed by atoms with E-state index < -0.39 is 0 Å². The van der Waals surface area contributed by atoms with Gasteiger partial charge in [0.15, 0.2) is 0 Å². The van der Waals surface area contributed by atoms with E-state index in [0.29, 0.717) is 18.2 Å². The molecule has 0 aromatic heterocycles. The number of hydrogen-bond donors (Lipinski definition) is 1. The second kappa shape index (κ2) is 8.45. The molecular weight excluding hydrogens is 404 g/mol. The van der Waals surface area contributed by atoms with Crippen LogP contribution in [0.3, 0.4) is 0 Å². The molecule has 1 aromatic rings. The van der Waals surface area contributed by atoms with Crippen molar-refractivity contribution < 1.29 is 14.3 Å². The number of benzene rings is 1. The standard InChI is InChI=1S/C18H23BrN2O3S/c1-24-16-7-6-12(8-14(16)19)9-20-17(22)15-10-25-11-21(15)18(23)13-4-2-3-5-13/h6-8,13,15H,2-5,9-11H2,1H3,(H,20,22). The molecule has 3 rings (SSSR count). The summed E-state index contributed by atoms with van der Waals surface area (Å²) in [6, 6.07) is 5.38. The number of thioether (sulfide) groups is 1. The lowest BCUT2D eigenvalue weighted by Gasteiger charge is -2.25. The number of hydrogen-bond acceptors (Lipinski definition) is 4. The summed E-state index contributed by atoms with van der Waals surface area (Å²) < 4.78 is 6.07. The molecule has 2 aliphatic rings. The summed E-state index contributed by atoms with van der Waals surface area (Å²) in [5.41, 5.74) is 0.986. The van der Waals surface area contributed by atoms with Crippen molar-refractivity contribution in [1.82, 2.24) is 10.2 Å². The second-order valence-electron chi connectivity index (χ2n) is 6.49. The molecule has 7 heteroatoms. The minimum absolute atomic E-state index is 0.0664. The zero-order valence-corrected chi connectivity index (χ0v) is 16.7. The molecule has 1 saturated carbocycles. The average molecular weight is 427 g/mol. The van der Waals surface area contributed by atoms with Crippen LogP contribution in [0.2, 0.25) is 0 Å². The Labute approximate surface area is 161 Å². The molecule has 1 atom stereocenters. The van der Waals surface area contributed by atoms with Gasteiger partial charge in [0.1, 0.15) is 11.8 Å². The first-order valence-electron chi connectivity index (χ1n) is 8.58. The quantitative estimate of drug-likeness (QED) is 0.785. The largest absolute Gasteiger partial charge is 0.496 e. The lowest BCUT2D eigenvalue weighted by atomic mass is 10.1. The molecule has 1 aliphatic carbocycles. The van der Waals surface area contributed by atoms with Crippen molar-refractivity contribution in [3.8, 4) is 5.75 Å². The summed E-state index contributed by atoms with van der Waals surface area (Å²) in [5, 5.41) is 2.97. The number of amides is 2. The van der Waals surface area contributed by atoms with Crippen molar-refractivity contribution in [2.75, 3.05) is 18.7 Å². The van der Waals surface area contributed by atoms with Gasteiger partial charge in [0.2, 0.25) is 11.8 Å². The van der Waals surface area contributed by atoms with Crippen molar-refractivity contribution in [1.29, 1.82) is 0 Å². The maximum Gasteiger partial charge on any atom is 0.243 e. The highest BCUT2D eigenvalue weighted by molar-refractivity contribution is 9.10. The van der Waals surface area contributed by atoms with Crippen LogP contribution >= 0.6 is 27.7 Å². The van der Waals surface area contributed by atoms with Crippen molar-refractivity contribution in [3.63, 3.8) is 0 Å². The van der Waals surface area contributed by atoms with Gasteiger partial charge in [-0.05, 0) is 46.5 Å². The number of rotatable bonds is 5. The van der Waals surface area contributed by atoms with E-state index in [1.807, 2.05) is 18.2 Å². The van der Waals surface area contributed by atoms with Crippen LogP contribution in [-0.4, -0.2) is 41.5 Å². The van der Waals surface area contributed by atoms with Crippen LogP contribution in [-0.2, 0) is 16.1 Å². The molecule has 136 valence electrons. The molecule has 2 amide bonds. The minimum Gasteiger partial charge on any atom is -0.496 e. The molecular formula is C18H23BrN2O3S. The monoisotopic (exact) mass is 426 g/mol. The molecule has 25 heavy (non-hydrogen) atoms. The molecule has 1 aromatic carbocycles. The first-order valence-corrected chi connectivity index (χ1v) is 10.5. The van der Waals surface area contributed by atoms with Crippen molar-refractivity contribution in [2.45, 2.75) is 38.3 Å². The third-order valence-electron chi connectivity index (χ3n) is 4.86. The first-order chi connectivity index (χ1) is 12.1. The summed E-state index contributed by atoms with van der Waals surface area (Å²) in [4.78, 5) is 27.0. The molecule has 0 spiro atoms. The Morgan fingerprint density at radius 1 is 1.36 bits per heavy atom. The number of methoxy groups -OCH3 is 1. The third kappa shape index (κ3) is 4.31. The van der Waals surface area contributed by atoms with Gasteiger partial charge in [0.25, 0.3) is 0 Å². The van der Waals surface area contributed by atoms with Crippen LogP contribution in [0.4, 0.5) is 0 Å². The number of nitrogens with zero attached hydrogens (tertiary/aromatic N) is 1. The van der Waals surface area contributed by atoms with Gasteiger partial charge in [-0.15, -0.1) is 11.8 Å². The minimum atomic E-state index is -0.347. The molecule has 0 bridgehead atoms. The van der Waals surface area contributed by atoms with E-state index in [9.17, 15) is 9.59 Å². The van der Waals surface area contributed by atoms with Gasteiger partial charge in [-0.3, -0.25) is 9.59 Å². The Morgan fingerprint density at radius 2 is 2.12 bits per heavy atom. The van der Waals surface area contributed by atoms with E-state index in [0.717, 1.165) is 41.5 Å². The van der Waals surface area contributed by atoms with Crippen LogP contribution in [0.1, 0.15) is 31.2 Å². The maximum atomic E-state index is 12.7. The van der Waals surface area contributed by atoms with Crippen LogP contribution in [0, 0.1) is 5.92 Å². The summed E-state index contributed by atoms with van der Waals surface area (Å²) in [5.74, 6) is 2.28. The fourth-order valence-electron chi connectivity index (χ4n) is 3.41. The van der Waals surface area contributed by atoms with Crippen LogP contribution in [0.15, 0.2) is 22.7 Å². The van der Waals surface area contributed by atoms with Crippen molar-refractivity contribution in [3.05, 3.63) is 28.2 Å². The fraction of sp³-hybridized carbons (Fsp3) is 0.556. The van der Waals surface area contributed by atoms with Gasteiger partial charge in [0, 0.05) is 18.2 Å². The zero-order valence-electron chi connectivity index (χ0n) is 14.3. The Hall–Kier alpha value is -1.21. The van der Waals surface area contributed by atoms with Crippen LogP contribution in [0.25, 0.3) is 0 Å². The van der Waals surface area contributed by atoms with Gasteiger partial charge in [0.05, 0.1) is 17.5 Å². The number of halogens is 1. The molecule has 1 aliphatic heterocycles. The van der Waals surface area contributed by atoms with E-state index in [1.165, 1.54) is 0 Å². The fourth-order valence-corrected chi connectivity index (χ4v) is 5.16. The van der Waals surface area contributed by atoms with Gasteiger partial charge in [-0.25, -0.2) is 0 Å².